The fourth-order valence-corrected chi connectivity index (χ4v) is 12.8. The predicted octanol–water partition coefficient (Wildman–Crippen LogP) is 8.17. The molecule has 3 saturated heterocycles. The van der Waals surface area contributed by atoms with Gasteiger partial charge in [0.15, 0.2) is 0 Å². The lowest BCUT2D eigenvalue weighted by molar-refractivity contribution is -0.514. The van der Waals surface area contributed by atoms with Crippen LogP contribution in [0.3, 0.4) is 0 Å². The molecule has 5 aromatic carbocycles. The number of hydrogen-bond donors (Lipinski definition) is 0. The van der Waals surface area contributed by atoms with Crippen LogP contribution in [-0.4, -0.2) is 79.0 Å². The summed E-state index contributed by atoms with van der Waals surface area (Å²) in [4.78, 5) is 11.9. The van der Waals surface area contributed by atoms with E-state index >= 15 is 16.8 Å². The zero-order chi connectivity index (χ0) is 44.1. The van der Waals surface area contributed by atoms with Crippen LogP contribution in [0.5, 0.6) is 0 Å². The summed E-state index contributed by atoms with van der Waals surface area (Å²) < 4.78 is 80.9. The Morgan fingerprint density at radius 3 is 1.55 bits per heavy atom. The molecule has 1 spiro atoms. The molecule has 3 aliphatic heterocycles. The van der Waals surface area contributed by atoms with Crippen LogP contribution in [0.25, 0.3) is 0 Å². The third-order valence-corrected chi connectivity index (χ3v) is 15.6. The summed E-state index contributed by atoms with van der Waals surface area (Å²) in [6.45, 7) is 9.85. The van der Waals surface area contributed by atoms with Crippen molar-refractivity contribution in [2.45, 2.75) is 81.4 Å². The molecule has 0 unspecified atom stereocenters. The molecule has 3 atom stereocenters. The van der Waals surface area contributed by atoms with Crippen LogP contribution in [0, 0.1) is 13.8 Å². The van der Waals surface area contributed by atoms with Gasteiger partial charge in [-0.25, -0.2) is 21.4 Å². The van der Waals surface area contributed by atoms with Crippen molar-refractivity contribution in [3.63, 3.8) is 0 Å². The Hall–Kier alpha value is -5.38. The summed E-state index contributed by atoms with van der Waals surface area (Å²) in [5.74, 6) is 0.351. The maximum absolute atomic E-state index is 16.0. The standard InChI is InChI=1S/C44H47BN4O5S2.C4H8O2/c1-4-16-41-44(46-31-14-15-32-46)54-45(47(41)33-36-17-8-5-9-18-36)48(55(50,51)39-27-23-34(2)24-28-39)42(37-19-10-6-11-20-37)43(38-21-12-7-13-22-38)49(45)56(52,53)40-29-25-35(3)26-30-40;1-3-6-4(2)5/h4-13,17-30,41-43H,1,14-16,31-33H2,2-3H3;3H2,1-2H3/t41-,42-,43-;/m1./s1. The summed E-state index contributed by atoms with van der Waals surface area (Å²) in [6, 6.07) is 39.4. The number of carbonyl (C=O) groups is 1. The van der Waals surface area contributed by atoms with Gasteiger partial charge in [0.1, 0.15) is 19.1 Å². The molecule has 0 aromatic heterocycles. The van der Waals surface area contributed by atoms with Crippen molar-refractivity contribution >= 4 is 38.7 Å². The Kier molecular flexibility index (Phi) is 13.6. The normalized spacial score (nSPS) is 20.4. The predicted molar refractivity (Wildman–Crippen MR) is 243 cm³/mol. The molecule has 0 saturated carbocycles. The molecule has 3 heterocycles. The minimum Gasteiger partial charge on any atom is -0.629 e. The fourth-order valence-electron chi connectivity index (χ4n) is 9.02. The molecule has 11 nitrogen and oxygen atoms in total. The van der Waals surface area contributed by atoms with Crippen LogP contribution in [0.1, 0.15) is 73.0 Å². The number of hydrogen-bond acceptors (Lipinski definition) is 8. The van der Waals surface area contributed by atoms with E-state index in [9.17, 15) is 4.79 Å². The summed E-state index contributed by atoms with van der Waals surface area (Å²) in [6.07, 6.45) is 4.07. The second-order valence-corrected chi connectivity index (χ2v) is 19.6. The lowest BCUT2D eigenvalue weighted by Gasteiger charge is -2.51. The van der Waals surface area contributed by atoms with Crippen molar-refractivity contribution in [2.75, 3.05) is 19.7 Å². The number of ether oxygens (including phenoxy) is 1. The van der Waals surface area contributed by atoms with Gasteiger partial charge in [0.2, 0.25) is 20.0 Å². The van der Waals surface area contributed by atoms with Crippen molar-refractivity contribution in [3.05, 3.63) is 180 Å². The quantitative estimate of drug-likeness (QED) is 0.0565. The van der Waals surface area contributed by atoms with Crippen LogP contribution < -0.4 is 0 Å². The van der Waals surface area contributed by atoms with E-state index in [1.165, 1.54) is 15.4 Å². The number of rotatable bonds is 11. The van der Waals surface area contributed by atoms with Gasteiger partial charge in [0.25, 0.3) is 0 Å². The summed E-state index contributed by atoms with van der Waals surface area (Å²) in [5, 5.41) is 0. The van der Waals surface area contributed by atoms with Crippen LogP contribution in [0.2, 0.25) is 0 Å². The van der Waals surface area contributed by atoms with Gasteiger partial charge >= 0.3 is 18.6 Å². The monoisotopic (exact) mass is 874 g/mol. The molecule has 0 radical (unpaired) electrons. The largest absolute Gasteiger partial charge is 0.629 e. The Labute approximate surface area is 367 Å². The maximum atomic E-state index is 16.0. The average molecular weight is 875 g/mol. The van der Waals surface area contributed by atoms with E-state index in [0.717, 1.165) is 29.5 Å². The molecule has 0 N–H and O–H groups in total. The Balaban J connectivity index is 0.000000900. The fraction of sp³-hybridized carbons (Fsp3) is 0.292. The van der Waals surface area contributed by atoms with Crippen molar-refractivity contribution in [1.29, 1.82) is 0 Å². The second-order valence-electron chi connectivity index (χ2n) is 15.9. The van der Waals surface area contributed by atoms with Gasteiger partial charge in [0.05, 0.1) is 16.4 Å². The molecule has 62 heavy (non-hydrogen) atoms. The highest BCUT2D eigenvalue weighted by Crippen LogP contribution is 2.58. The van der Waals surface area contributed by atoms with Crippen LogP contribution >= 0.6 is 0 Å². The van der Waals surface area contributed by atoms with E-state index in [2.05, 4.69) is 15.9 Å². The molecule has 324 valence electrons. The summed E-state index contributed by atoms with van der Waals surface area (Å²) in [5.41, 5.74) is 3.95. The first-order valence-electron chi connectivity index (χ1n) is 21.2. The number of nitrogens with zero attached hydrogens (tertiary/aromatic N) is 4. The van der Waals surface area contributed by atoms with E-state index < -0.39 is 44.9 Å². The molecule has 3 aliphatic rings. The zero-order valence-corrected chi connectivity index (χ0v) is 37.4. The first kappa shape index (κ1) is 44.7. The molecule has 8 rings (SSSR count). The number of carbonyl (C=O) groups excluding carboxylic acids is 1. The smallest absolute Gasteiger partial charge is 0.424 e. The minimum atomic E-state index is -4.55. The highest BCUT2D eigenvalue weighted by molar-refractivity contribution is 7.92. The summed E-state index contributed by atoms with van der Waals surface area (Å²) in [7, 11) is -9.09. The molecule has 3 fully saturated rings. The molecule has 0 bridgehead atoms. The molecular weight excluding hydrogens is 819 g/mol. The molecule has 0 amide bonds. The molecular formula is C48H55BN4O7S2. The van der Waals surface area contributed by atoms with Crippen molar-refractivity contribution in [3.8, 4) is 0 Å². The van der Waals surface area contributed by atoms with E-state index in [1.54, 1.807) is 55.5 Å². The van der Waals surface area contributed by atoms with Gasteiger partial charge in [-0.05, 0) is 74.7 Å². The van der Waals surface area contributed by atoms with Crippen LogP contribution in [0.15, 0.2) is 162 Å². The van der Waals surface area contributed by atoms with Crippen molar-refractivity contribution in [2.24, 2.45) is 0 Å². The average Bonchev–Trinajstić information content (AvgIpc) is 3.99. The van der Waals surface area contributed by atoms with Gasteiger partial charge in [-0.2, -0.15) is 0 Å². The lowest BCUT2D eigenvalue weighted by atomic mass is 9.79. The minimum absolute atomic E-state index is 0.0461. The van der Waals surface area contributed by atoms with Gasteiger partial charge in [0, 0.05) is 31.8 Å². The highest BCUT2D eigenvalue weighted by atomic mass is 32.2. The first-order chi connectivity index (χ1) is 29.8. The number of aryl methyl sites for hydroxylation is 2. The van der Waals surface area contributed by atoms with E-state index in [0.29, 0.717) is 43.1 Å². The third kappa shape index (κ3) is 8.67. The van der Waals surface area contributed by atoms with Gasteiger partial charge < -0.3 is 14.2 Å². The Bertz CT molecular complexity index is 2460. The van der Waals surface area contributed by atoms with E-state index in [-0.39, 0.29) is 22.3 Å². The zero-order valence-electron chi connectivity index (χ0n) is 35.8. The van der Waals surface area contributed by atoms with Crippen molar-refractivity contribution < 1.29 is 35.6 Å². The number of sulfonamides is 2. The molecule has 14 heteroatoms. The SMILES string of the molecule is C=CC[C@@H]1C(=[N+]2CCCC2)O[B-]2(N1Cc1ccccc1)N(S(=O)(=O)c1ccc(C)cc1)[C@H](c1ccccc1)[C@@H](c1ccccc1)N2S(=O)(=O)c1ccc(C)cc1.CCOC(C)=O. The Morgan fingerprint density at radius 2 is 1.16 bits per heavy atom. The van der Waals surface area contributed by atoms with E-state index in [4.69, 9.17) is 4.65 Å². The Morgan fingerprint density at radius 1 is 0.726 bits per heavy atom. The maximum Gasteiger partial charge on any atom is 0.424 e. The van der Waals surface area contributed by atoms with E-state index in [1.807, 2.05) is 116 Å². The van der Waals surface area contributed by atoms with Crippen molar-refractivity contribution in [1.82, 2.24) is 13.2 Å². The summed E-state index contributed by atoms with van der Waals surface area (Å²) >= 11 is 0. The molecule has 0 aliphatic carbocycles. The topological polar surface area (TPSA) is 117 Å². The number of esters is 1. The van der Waals surface area contributed by atoms with Crippen LogP contribution in [0.4, 0.5) is 0 Å². The van der Waals surface area contributed by atoms with Gasteiger partial charge in [-0.15, -0.1) is 6.58 Å². The number of benzene rings is 5. The molecule has 5 aromatic rings. The van der Waals surface area contributed by atoms with Gasteiger partial charge in [-0.1, -0.05) is 132 Å². The second kappa shape index (κ2) is 18.9. The first-order valence-corrected chi connectivity index (χ1v) is 24.0. The van der Waals surface area contributed by atoms with Gasteiger partial charge in [-0.3, -0.25) is 13.2 Å². The third-order valence-electron chi connectivity index (χ3n) is 11.7. The highest BCUT2D eigenvalue weighted by Gasteiger charge is 2.71. The lowest BCUT2D eigenvalue weighted by Crippen LogP contribution is -2.71. The van der Waals surface area contributed by atoms with Crippen LogP contribution in [-0.2, 0) is 40.8 Å².